The molecule has 124 valence electrons. The van der Waals surface area contributed by atoms with E-state index in [9.17, 15) is 4.79 Å². The molecule has 0 aliphatic heterocycles. The summed E-state index contributed by atoms with van der Waals surface area (Å²) < 4.78 is 5.61. The van der Waals surface area contributed by atoms with Gasteiger partial charge in [0.25, 0.3) is 5.91 Å². The Labute approximate surface area is 140 Å². The van der Waals surface area contributed by atoms with Crippen LogP contribution in [-0.4, -0.2) is 28.6 Å². The fraction of sp³-hybridized carbons (Fsp3) is 0.412. The van der Waals surface area contributed by atoms with Crippen molar-refractivity contribution in [1.82, 2.24) is 10.3 Å². The number of ether oxygens (including phenoxy) is 1. The van der Waals surface area contributed by atoms with Crippen LogP contribution in [0.1, 0.15) is 29.3 Å². The Morgan fingerprint density at radius 2 is 2.30 bits per heavy atom. The lowest BCUT2D eigenvalue weighted by atomic mass is 10.2. The molecule has 1 aromatic heterocycles. The molecule has 2 aromatic rings. The lowest BCUT2D eigenvalue weighted by Crippen LogP contribution is -2.37. The van der Waals surface area contributed by atoms with E-state index < -0.39 is 6.10 Å². The first-order valence-corrected chi connectivity index (χ1v) is 8.51. The molecule has 6 heteroatoms. The molecular formula is C17H22N2O3S. The molecule has 0 saturated heterocycles. The van der Waals surface area contributed by atoms with E-state index in [4.69, 9.17) is 9.84 Å². The number of hydrogen-bond donors (Lipinski definition) is 2. The zero-order valence-corrected chi connectivity index (χ0v) is 14.2. The van der Waals surface area contributed by atoms with Crippen LogP contribution in [0.5, 0.6) is 5.75 Å². The van der Waals surface area contributed by atoms with Gasteiger partial charge in [0.1, 0.15) is 5.75 Å². The maximum Gasteiger partial charge on any atom is 0.260 e. The normalized spacial score (nSPS) is 12.0. The Bertz CT molecular complexity index is 642. The Hall–Kier alpha value is -1.92. The fourth-order valence-corrected chi connectivity index (χ4v) is 2.90. The van der Waals surface area contributed by atoms with E-state index in [-0.39, 0.29) is 12.5 Å². The van der Waals surface area contributed by atoms with Gasteiger partial charge in [-0.15, -0.1) is 11.3 Å². The number of rotatable bonds is 8. The van der Waals surface area contributed by atoms with Crippen LogP contribution in [-0.2, 0) is 24.2 Å². The maximum absolute atomic E-state index is 12.1. The van der Waals surface area contributed by atoms with Crippen molar-refractivity contribution < 1.29 is 14.6 Å². The van der Waals surface area contributed by atoms with Gasteiger partial charge in [-0.2, -0.15) is 0 Å². The van der Waals surface area contributed by atoms with Crippen molar-refractivity contribution >= 4 is 17.2 Å². The quantitative estimate of drug-likeness (QED) is 0.777. The Morgan fingerprint density at radius 1 is 1.48 bits per heavy atom. The van der Waals surface area contributed by atoms with E-state index in [1.807, 2.05) is 6.20 Å². The van der Waals surface area contributed by atoms with Crippen molar-refractivity contribution in [3.63, 3.8) is 0 Å². The fourth-order valence-electron chi connectivity index (χ4n) is 2.04. The van der Waals surface area contributed by atoms with E-state index >= 15 is 0 Å². The number of nitrogens with zero attached hydrogens (tertiary/aromatic N) is 1. The minimum absolute atomic E-state index is 0.0503. The number of aryl methyl sites for hydroxylation is 1. The highest BCUT2D eigenvalue weighted by molar-refractivity contribution is 7.11. The number of aliphatic hydroxyl groups excluding tert-OH is 1. The minimum atomic E-state index is -0.591. The largest absolute Gasteiger partial charge is 0.481 e. The van der Waals surface area contributed by atoms with Crippen molar-refractivity contribution in [1.29, 1.82) is 0 Å². The molecule has 1 heterocycles. The number of nitrogens with one attached hydrogen (secondary N) is 1. The van der Waals surface area contributed by atoms with E-state index in [2.05, 4.69) is 17.2 Å². The zero-order chi connectivity index (χ0) is 16.7. The number of thiazole rings is 1. The molecule has 0 radical (unpaired) electrons. The molecular weight excluding hydrogens is 312 g/mol. The van der Waals surface area contributed by atoms with Crippen LogP contribution in [0.3, 0.4) is 0 Å². The van der Waals surface area contributed by atoms with Crippen LogP contribution in [0.25, 0.3) is 0 Å². The van der Waals surface area contributed by atoms with Crippen LogP contribution in [0.2, 0.25) is 0 Å². The summed E-state index contributed by atoms with van der Waals surface area (Å²) in [4.78, 5) is 17.6. The Morgan fingerprint density at radius 3 is 3.00 bits per heavy atom. The average Bonchev–Trinajstić information content (AvgIpc) is 3.03. The van der Waals surface area contributed by atoms with Gasteiger partial charge in [-0.3, -0.25) is 4.79 Å². The molecule has 0 spiro atoms. The van der Waals surface area contributed by atoms with Gasteiger partial charge in [-0.25, -0.2) is 4.98 Å². The van der Waals surface area contributed by atoms with Gasteiger partial charge in [-0.1, -0.05) is 19.1 Å². The zero-order valence-electron chi connectivity index (χ0n) is 13.4. The first-order valence-electron chi connectivity index (χ1n) is 7.70. The third-order valence-corrected chi connectivity index (χ3v) is 4.55. The van der Waals surface area contributed by atoms with Crippen LogP contribution in [0.15, 0.2) is 30.5 Å². The van der Waals surface area contributed by atoms with Gasteiger partial charge in [0.05, 0.1) is 11.6 Å². The lowest BCUT2D eigenvalue weighted by Gasteiger charge is -2.15. The highest BCUT2D eigenvalue weighted by atomic mass is 32.1. The molecule has 0 saturated carbocycles. The second-order valence-corrected chi connectivity index (χ2v) is 6.38. The molecule has 0 aliphatic rings. The molecule has 1 amide bonds. The predicted octanol–water partition coefficient (Wildman–Crippen LogP) is 2.32. The molecule has 2 N–H and O–H groups in total. The summed E-state index contributed by atoms with van der Waals surface area (Å²) in [5.41, 5.74) is 0.755. The number of aromatic nitrogens is 1. The van der Waals surface area contributed by atoms with Crippen molar-refractivity contribution in [2.24, 2.45) is 0 Å². The summed E-state index contributed by atoms with van der Waals surface area (Å²) >= 11 is 1.68. The summed E-state index contributed by atoms with van der Waals surface area (Å²) in [6.45, 7) is 4.30. The maximum atomic E-state index is 12.1. The van der Waals surface area contributed by atoms with Gasteiger partial charge < -0.3 is 15.2 Å². The first-order chi connectivity index (χ1) is 11.1. The Kier molecular flexibility index (Phi) is 6.55. The molecule has 5 nitrogen and oxygen atoms in total. The third kappa shape index (κ3) is 5.33. The molecule has 2 rings (SSSR count). The SMILES string of the molecule is CCc1cnc(CCNC(=O)C(C)Oc2cccc(CO)c2)s1. The molecule has 1 unspecified atom stereocenters. The summed E-state index contributed by atoms with van der Waals surface area (Å²) in [7, 11) is 0. The number of benzene rings is 1. The monoisotopic (exact) mass is 334 g/mol. The summed E-state index contributed by atoms with van der Waals surface area (Å²) in [5.74, 6) is 0.415. The van der Waals surface area contributed by atoms with Gasteiger partial charge >= 0.3 is 0 Å². The van der Waals surface area contributed by atoms with E-state index in [0.29, 0.717) is 12.3 Å². The van der Waals surface area contributed by atoms with Gasteiger partial charge in [0.15, 0.2) is 6.10 Å². The summed E-state index contributed by atoms with van der Waals surface area (Å²) in [6, 6.07) is 7.09. The van der Waals surface area contributed by atoms with Crippen molar-refractivity contribution in [3.8, 4) is 5.75 Å². The first kappa shape index (κ1) is 17.4. The van der Waals surface area contributed by atoms with Gasteiger partial charge in [0, 0.05) is 24.0 Å². The number of carbonyl (C=O) groups excluding carboxylic acids is 1. The second-order valence-electron chi connectivity index (χ2n) is 5.18. The lowest BCUT2D eigenvalue weighted by molar-refractivity contribution is -0.127. The number of aliphatic hydroxyl groups is 1. The van der Waals surface area contributed by atoms with E-state index in [0.717, 1.165) is 23.4 Å². The molecule has 0 fully saturated rings. The van der Waals surface area contributed by atoms with Gasteiger partial charge in [0.2, 0.25) is 0 Å². The van der Waals surface area contributed by atoms with Crippen LogP contribution >= 0.6 is 11.3 Å². The van der Waals surface area contributed by atoms with Crippen LogP contribution < -0.4 is 10.1 Å². The highest BCUT2D eigenvalue weighted by Crippen LogP contribution is 2.15. The Balaban J connectivity index is 1.78. The van der Waals surface area contributed by atoms with Crippen LogP contribution in [0, 0.1) is 0 Å². The van der Waals surface area contributed by atoms with Gasteiger partial charge in [-0.05, 0) is 31.0 Å². The topological polar surface area (TPSA) is 71.5 Å². The van der Waals surface area contributed by atoms with Crippen molar-refractivity contribution in [2.75, 3.05) is 6.54 Å². The predicted molar refractivity (Wildman–Crippen MR) is 90.7 cm³/mol. The molecule has 0 aliphatic carbocycles. The standard InChI is InChI=1S/C17H22N2O3S/c1-3-15-10-19-16(23-15)7-8-18-17(21)12(2)22-14-6-4-5-13(9-14)11-20/h4-6,9-10,12,20H,3,7-8,11H2,1-2H3,(H,18,21). The van der Waals surface area contributed by atoms with E-state index in [1.165, 1.54) is 4.88 Å². The minimum Gasteiger partial charge on any atom is -0.481 e. The van der Waals surface area contributed by atoms with Crippen molar-refractivity contribution in [3.05, 3.63) is 45.9 Å². The highest BCUT2D eigenvalue weighted by Gasteiger charge is 2.14. The third-order valence-electron chi connectivity index (χ3n) is 3.35. The van der Waals surface area contributed by atoms with Crippen molar-refractivity contribution in [2.45, 2.75) is 39.4 Å². The van der Waals surface area contributed by atoms with Crippen LogP contribution in [0.4, 0.5) is 0 Å². The summed E-state index contributed by atoms with van der Waals surface area (Å²) in [5, 5.41) is 13.0. The average molecular weight is 334 g/mol. The summed E-state index contributed by atoms with van der Waals surface area (Å²) in [6.07, 6.45) is 3.01. The number of amides is 1. The molecule has 1 aromatic carbocycles. The second kappa shape index (κ2) is 8.64. The smallest absolute Gasteiger partial charge is 0.260 e. The molecule has 1 atom stereocenters. The van der Waals surface area contributed by atoms with E-state index in [1.54, 1.807) is 42.5 Å². The molecule has 23 heavy (non-hydrogen) atoms. The molecule has 0 bridgehead atoms. The number of carbonyl (C=O) groups is 1. The number of hydrogen-bond acceptors (Lipinski definition) is 5.